The van der Waals surface area contributed by atoms with Crippen LogP contribution < -0.4 is 10.2 Å². The molecular weight excluding hydrogens is 669 g/mol. The Kier molecular flexibility index (Phi) is 7.34. The van der Waals surface area contributed by atoms with E-state index in [1.807, 2.05) is 36.4 Å². The Morgan fingerprint density at radius 2 is 1.13 bits per heavy atom. The number of nitrogens with zero attached hydrogens (tertiary/aromatic N) is 3. The summed E-state index contributed by atoms with van der Waals surface area (Å²) in [6.45, 7) is 0. The zero-order valence-electron chi connectivity index (χ0n) is 30.0. The molecule has 0 aromatic heterocycles. The van der Waals surface area contributed by atoms with Crippen molar-refractivity contribution in [1.29, 1.82) is 0 Å². The van der Waals surface area contributed by atoms with Gasteiger partial charge in [0.2, 0.25) is 0 Å². The van der Waals surface area contributed by atoms with Crippen molar-refractivity contribution in [3.05, 3.63) is 221 Å². The molecule has 0 radical (unpaired) electrons. The first kappa shape index (κ1) is 31.5. The van der Waals surface area contributed by atoms with Gasteiger partial charge in [0.1, 0.15) is 11.7 Å². The van der Waals surface area contributed by atoms with Crippen molar-refractivity contribution in [3.63, 3.8) is 0 Å². The lowest BCUT2D eigenvalue weighted by Crippen LogP contribution is -2.36. The number of aliphatic imine (C=N–C) groups is 2. The van der Waals surface area contributed by atoms with Crippen LogP contribution in [0.15, 0.2) is 198 Å². The molecule has 0 saturated carbocycles. The fourth-order valence-electron chi connectivity index (χ4n) is 8.80. The molecule has 2 atom stereocenters. The second-order valence-corrected chi connectivity index (χ2v) is 14.6. The summed E-state index contributed by atoms with van der Waals surface area (Å²) in [6, 6.07) is 65.6. The quantitative estimate of drug-likeness (QED) is 0.181. The van der Waals surface area contributed by atoms with Gasteiger partial charge in [-0.1, -0.05) is 164 Å². The number of anilines is 2. The van der Waals surface area contributed by atoms with Gasteiger partial charge in [-0.25, -0.2) is 9.98 Å². The lowest BCUT2D eigenvalue weighted by molar-refractivity contribution is 0.721. The number of rotatable bonds is 5. The number of fused-ring (bicyclic) bond motifs is 8. The van der Waals surface area contributed by atoms with E-state index in [9.17, 15) is 0 Å². The zero-order chi connectivity index (χ0) is 36.3. The molecule has 2 aliphatic heterocycles. The van der Waals surface area contributed by atoms with Crippen LogP contribution in [0, 0.1) is 0 Å². The second kappa shape index (κ2) is 12.8. The molecule has 0 spiro atoms. The van der Waals surface area contributed by atoms with Crippen LogP contribution in [0.3, 0.4) is 0 Å². The topological polar surface area (TPSA) is 40.0 Å². The molecule has 8 aromatic carbocycles. The molecule has 1 aliphatic carbocycles. The SMILES string of the molecule is C1=CC2C(c3cc(-c4ccc5ccc6ccccc6c5c4)ccc31)c1ccccc1N2c1cccc(C2N=C(c3ccccc3)NC(c3ccccc3)=N2)c1. The van der Waals surface area contributed by atoms with Crippen LogP contribution in [0.5, 0.6) is 0 Å². The Hall–Kier alpha value is -7.04. The van der Waals surface area contributed by atoms with Crippen LogP contribution in [0.25, 0.3) is 38.7 Å². The Bertz CT molecular complexity index is 2820. The zero-order valence-corrected chi connectivity index (χ0v) is 30.0. The number of hydrogen-bond acceptors (Lipinski definition) is 4. The predicted octanol–water partition coefficient (Wildman–Crippen LogP) is 11.8. The molecule has 0 fully saturated rings. The standard InChI is InChI=1S/C51H36N4/c1-3-13-36(14-4-1)49-52-50(37-15-5-2-6-16-37)54-51(53-49)40-17-11-18-41(30-40)55-46-21-10-9-20-43(46)48-45-32-39(27-25-35(45)28-29-47(48)55)38-26-24-34-23-22-33-12-7-8-19-42(33)44(34)31-38/h1-32,47-48,51H,(H,52,53,54). The highest BCUT2D eigenvalue weighted by Crippen LogP contribution is 2.52. The van der Waals surface area contributed by atoms with Gasteiger partial charge in [0.25, 0.3) is 0 Å². The molecule has 4 nitrogen and oxygen atoms in total. The molecule has 11 rings (SSSR count). The molecule has 0 amide bonds. The molecule has 4 heteroatoms. The molecule has 1 N–H and O–H groups in total. The Morgan fingerprint density at radius 3 is 1.93 bits per heavy atom. The van der Waals surface area contributed by atoms with E-state index >= 15 is 0 Å². The van der Waals surface area contributed by atoms with Crippen molar-refractivity contribution < 1.29 is 0 Å². The van der Waals surface area contributed by atoms with Gasteiger partial charge in [0.05, 0.1) is 6.04 Å². The number of benzene rings is 8. The summed E-state index contributed by atoms with van der Waals surface area (Å²) in [5, 5.41) is 8.64. The van der Waals surface area contributed by atoms with E-state index in [-0.39, 0.29) is 12.0 Å². The number of para-hydroxylation sites is 1. The van der Waals surface area contributed by atoms with Gasteiger partial charge in [-0.05, 0) is 79.7 Å². The highest BCUT2D eigenvalue weighted by atomic mass is 15.2. The average Bonchev–Trinajstić information content (AvgIpc) is 3.61. The maximum Gasteiger partial charge on any atom is 0.169 e. The van der Waals surface area contributed by atoms with Crippen molar-refractivity contribution in [2.45, 2.75) is 18.1 Å². The van der Waals surface area contributed by atoms with E-state index in [4.69, 9.17) is 9.98 Å². The predicted molar refractivity (Wildman–Crippen MR) is 228 cm³/mol. The summed E-state index contributed by atoms with van der Waals surface area (Å²) in [7, 11) is 0. The molecule has 2 unspecified atom stereocenters. The van der Waals surface area contributed by atoms with E-state index in [0.29, 0.717) is 0 Å². The lowest BCUT2D eigenvalue weighted by atomic mass is 9.80. The first-order chi connectivity index (χ1) is 27.2. The number of hydrogen-bond donors (Lipinski definition) is 1. The molecule has 2 heterocycles. The molecule has 260 valence electrons. The largest absolute Gasteiger partial charge is 0.333 e. The minimum atomic E-state index is -0.399. The van der Waals surface area contributed by atoms with Gasteiger partial charge in [-0.2, -0.15) is 0 Å². The van der Waals surface area contributed by atoms with Gasteiger partial charge >= 0.3 is 0 Å². The number of nitrogens with one attached hydrogen (secondary N) is 1. The first-order valence-corrected chi connectivity index (χ1v) is 19.0. The normalized spacial score (nSPS) is 17.3. The van der Waals surface area contributed by atoms with E-state index in [2.05, 4.69) is 168 Å². The highest BCUT2D eigenvalue weighted by Gasteiger charge is 2.41. The van der Waals surface area contributed by atoms with Crippen LogP contribution in [0.4, 0.5) is 11.4 Å². The molecular formula is C51H36N4. The molecule has 0 bridgehead atoms. The van der Waals surface area contributed by atoms with Gasteiger partial charge in [-0.3, -0.25) is 0 Å². The average molecular weight is 705 g/mol. The van der Waals surface area contributed by atoms with Gasteiger partial charge in [-0.15, -0.1) is 0 Å². The minimum absolute atomic E-state index is 0.121. The van der Waals surface area contributed by atoms with Crippen molar-refractivity contribution in [1.82, 2.24) is 5.32 Å². The lowest BCUT2D eigenvalue weighted by Gasteiger charge is -2.32. The van der Waals surface area contributed by atoms with Gasteiger partial charge in [0.15, 0.2) is 6.17 Å². The summed E-state index contributed by atoms with van der Waals surface area (Å²) in [5.41, 5.74) is 12.0. The van der Waals surface area contributed by atoms with Crippen LogP contribution >= 0.6 is 0 Å². The molecule has 55 heavy (non-hydrogen) atoms. The third-order valence-electron chi connectivity index (χ3n) is 11.4. The van der Waals surface area contributed by atoms with E-state index in [0.717, 1.165) is 34.0 Å². The van der Waals surface area contributed by atoms with Crippen molar-refractivity contribution in [3.8, 4) is 11.1 Å². The summed E-state index contributed by atoms with van der Waals surface area (Å²) < 4.78 is 0. The molecule has 3 aliphatic rings. The van der Waals surface area contributed by atoms with Gasteiger partial charge < -0.3 is 10.2 Å². The Labute approximate surface area is 320 Å². The summed E-state index contributed by atoms with van der Waals surface area (Å²) in [4.78, 5) is 12.9. The molecule has 0 saturated heterocycles. The van der Waals surface area contributed by atoms with Crippen molar-refractivity contribution >= 4 is 50.7 Å². The second-order valence-electron chi connectivity index (χ2n) is 14.6. The number of amidine groups is 2. The van der Waals surface area contributed by atoms with Gasteiger partial charge in [0, 0.05) is 34.0 Å². The van der Waals surface area contributed by atoms with Crippen molar-refractivity contribution in [2.24, 2.45) is 9.98 Å². The third kappa shape index (κ3) is 5.37. The Morgan fingerprint density at radius 1 is 0.473 bits per heavy atom. The van der Waals surface area contributed by atoms with Crippen molar-refractivity contribution in [2.75, 3.05) is 4.90 Å². The van der Waals surface area contributed by atoms with Crippen LogP contribution in [-0.2, 0) is 0 Å². The fraction of sp³-hybridized carbons (Fsp3) is 0.0588. The van der Waals surface area contributed by atoms with E-state index in [1.165, 1.54) is 55.0 Å². The fourth-order valence-corrected chi connectivity index (χ4v) is 8.80. The highest BCUT2D eigenvalue weighted by molar-refractivity contribution is 6.16. The Balaban J connectivity index is 0.988. The monoisotopic (exact) mass is 704 g/mol. The maximum absolute atomic E-state index is 5.18. The molecule has 8 aromatic rings. The minimum Gasteiger partial charge on any atom is -0.333 e. The maximum atomic E-state index is 5.18. The first-order valence-electron chi connectivity index (χ1n) is 19.0. The van der Waals surface area contributed by atoms with E-state index in [1.54, 1.807) is 0 Å². The van der Waals surface area contributed by atoms with E-state index < -0.39 is 6.17 Å². The summed E-state index contributed by atoms with van der Waals surface area (Å²) in [5.74, 6) is 1.82. The summed E-state index contributed by atoms with van der Waals surface area (Å²) in [6.07, 6.45) is 4.31. The van der Waals surface area contributed by atoms with Crippen LogP contribution in [0.2, 0.25) is 0 Å². The third-order valence-corrected chi connectivity index (χ3v) is 11.4. The van der Waals surface area contributed by atoms with Crippen LogP contribution in [-0.4, -0.2) is 17.7 Å². The smallest absolute Gasteiger partial charge is 0.169 e. The van der Waals surface area contributed by atoms with Crippen LogP contribution in [0.1, 0.15) is 45.5 Å². The summed E-state index contributed by atoms with van der Waals surface area (Å²) >= 11 is 0.